The van der Waals surface area contributed by atoms with E-state index in [-0.39, 0.29) is 17.6 Å². The van der Waals surface area contributed by atoms with Crippen molar-refractivity contribution in [3.8, 4) is 0 Å². The Morgan fingerprint density at radius 1 is 1.11 bits per heavy atom. The van der Waals surface area contributed by atoms with Crippen molar-refractivity contribution in [1.29, 1.82) is 0 Å². The molecule has 0 spiro atoms. The molecule has 1 aromatic carbocycles. The molecular formula is C15H17NO3. The molecule has 0 unspecified atom stereocenters. The van der Waals surface area contributed by atoms with Crippen LogP contribution in [0.3, 0.4) is 0 Å². The maximum Gasteiger partial charge on any atom is 0.258 e. The van der Waals surface area contributed by atoms with Crippen LogP contribution in [0.4, 0.5) is 0 Å². The van der Waals surface area contributed by atoms with Crippen LogP contribution in [0.5, 0.6) is 0 Å². The maximum atomic E-state index is 11.8. The molecule has 0 radical (unpaired) electrons. The molecule has 0 saturated carbocycles. The number of fused-ring (bicyclic) bond motifs is 1. The van der Waals surface area contributed by atoms with E-state index in [1.807, 2.05) is 0 Å². The standard InChI is InChI=1S/C15H17NO3/c1-2-3-4-5-11(17)8-10-6-7-12-13(9-10)15(19)16-14(12)18/h6-7,9H,2-5,8H2,1H3,(H,16,18,19). The third kappa shape index (κ3) is 3.08. The lowest BCUT2D eigenvalue weighted by Gasteiger charge is -2.03. The number of imide groups is 1. The summed E-state index contributed by atoms with van der Waals surface area (Å²) in [7, 11) is 0. The summed E-state index contributed by atoms with van der Waals surface area (Å²) in [5.41, 5.74) is 1.57. The Morgan fingerprint density at radius 2 is 1.84 bits per heavy atom. The number of carbonyl (C=O) groups is 3. The first kappa shape index (κ1) is 13.5. The van der Waals surface area contributed by atoms with Crippen LogP contribution in [0.25, 0.3) is 0 Å². The Bertz CT molecular complexity index is 534. The monoisotopic (exact) mass is 259 g/mol. The molecule has 1 aliphatic heterocycles. The van der Waals surface area contributed by atoms with E-state index in [0.29, 0.717) is 24.0 Å². The van der Waals surface area contributed by atoms with Gasteiger partial charge in [-0.25, -0.2) is 0 Å². The van der Waals surface area contributed by atoms with Gasteiger partial charge in [-0.2, -0.15) is 0 Å². The lowest BCUT2D eigenvalue weighted by molar-refractivity contribution is -0.118. The Balaban J connectivity index is 2.03. The number of unbranched alkanes of at least 4 members (excludes halogenated alkanes) is 2. The molecule has 1 aliphatic rings. The zero-order chi connectivity index (χ0) is 13.8. The summed E-state index contributed by atoms with van der Waals surface area (Å²) in [5.74, 6) is -0.556. The zero-order valence-electron chi connectivity index (χ0n) is 11.0. The fourth-order valence-corrected chi connectivity index (χ4v) is 2.21. The van der Waals surface area contributed by atoms with Crippen LogP contribution < -0.4 is 5.32 Å². The molecule has 0 fully saturated rings. The number of benzene rings is 1. The molecule has 0 atom stereocenters. The van der Waals surface area contributed by atoms with Crippen molar-refractivity contribution in [3.05, 3.63) is 34.9 Å². The van der Waals surface area contributed by atoms with Gasteiger partial charge >= 0.3 is 0 Å². The van der Waals surface area contributed by atoms with E-state index in [1.165, 1.54) is 0 Å². The van der Waals surface area contributed by atoms with Gasteiger partial charge in [0.25, 0.3) is 11.8 Å². The van der Waals surface area contributed by atoms with Crippen LogP contribution >= 0.6 is 0 Å². The van der Waals surface area contributed by atoms with Gasteiger partial charge in [0.15, 0.2) is 0 Å². The first-order chi connectivity index (χ1) is 9.11. The Kier molecular flexibility index (Phi) is 4.10. The summed E-state index contributed by atoms with van der Waals surface area (Å²) < 4.78 is 0. The second-order valence-corrected chi connectivity index (χ2v) is 4.84. The molecule has 100 valence electrons. The molecule has 4 heteroatoms. The predicted molar refractivity (Wildman–Crippen MR) is 71.1 cm³/mol. The molecule has 1 heterocycles. The van der Waals surface area contributed by atoms with Gasteiger partial charge < -0.3 is 0 Å². The summed E-state index contributed by atoms with van der Waals surface area (Å²) in [4.78, 5) is 34.7. The SMILES string of the molecule is CCCCCC(=O)Cc1ccc2c(c1)C(=O)NC2=O. The molecule has 0 bridgehead atoms. The summed E-state index contributed by atoms with van der Waals surface area (Å²) in [6.45, 7) is 2.10. The van der Waals surface area contributed by atoms with E-state index in [1.54, 1.807) is 18.2 Å². The van der Waals surface area contributed by atoms with Crippen LogP contribution in [-0.4, -0.2) is 17.6 Å². The van der Waals surface area contributed by atoms with Crippen molar-refractivity contribution in [3.63, 3.8) is 0 Å². The smallest absolute Gasteiger partial charge is 0.258 e. The minimum Gasteiger partial charge on any atom is -0.299 e. The van der Waals surface area contributed by atoms with E-state index >= 15 is 0 Å². The topological polar surface area (TPSA) is 63.2 Å². The van der Waals surface area contributed by atoms with Gasteiger partial charge in [0.1, 0.15) is 5.78 Å². The normalized spacial score (nSPS) is 13.3. The van der Waals surface area contributed by atoms with Gasteiger partial charge in [0, 0.05) is 12.8 Å². The third-order valence-corrected chi connectivity index (χ3v) is 3.26. The van der Waals surface area contributed by atoms with Crippen molar-refractivity contribution >= 4 is 17.6 Å². The van der Waals surface area contributed by atoms with Crippen molar-refractivity contribution in [2.45, 2.75) is 39.0 Å². The van der Waals surface area contributed by atoms with Crippen molar-refractivity contribution in [1.82, 2.24) is 5.32 Å². The van der Waals surface area contributed by atoms with Gasteiger partial charge in [-0.15, -0.1) is 0 Å². The average Bonchev–Trinajstić information content (AvgIpc) is 2.65. The summed E-state index contributed by atoms with van der Waals surface area (Å²) in [6, 6.07) is 5.01. The first-order valence-electron chi connectivity index (χ1n) is 6.62. The van der Waals surface area contributed by atoms with E-state index < -0.39 is 0 Å². The van der Waals surface area contributed by atoms with Crippen molar-refractivity contribution < 1.29 is 14.4 Å². The van der Waals surface area contributed by atoms with Crippen LogP contribution in [-0.2, 0) is 11.2 Å². The molecule has 2 amide bonds. The van der Waals surface area contributed by atoms with Crippen LogP contribution in [0.2, 0.25) is 0 Å². The fraction of sp³-hybridized carbons (Fsp3) is 0.400. The molecule has 1 aromatic rings. The minimum atomic E-state index is -0.375. The molecule has 0 aliphatic carbocycles. The Hall–Kier alpha value is -1.97. The Morgan fingerprint density at radius 3 is 2.58 bits per heavy atom. The zero-order valence-corrected chi connectivity index (χ0v) is 11.0. The van der Waals surface area contributed by atoms with E-state index in [2.05, 4.69) is 12.2 Å². The highest BCUT2D eigenvalue weighted by molar-refractivity contribution is 6.21. The first-order valence-corrected chi connectivity index (χ1v) is 6.62. The van der Waals surface area contributed by atoms with Crippen molar-refractivity contribution in [2.75, 3.05) is 0 Å². The number of carbonyl (C=O) groups excluding carboxylic acids is 3. The molecule has 2 rings (SSSR count). The second kappa shape index (κ2) is 5.78. The number of ketones is 1. The van der Waals surface area contributed by atoms with Crippen molar-refractivity contribution in [2.24, 2.45) is 0 Å². The number of rotatable bonds is 6. The van der Waals surface area contributed by atoms with Gasteiger partial charge in [0.05, 0.1) is 11.1 Å². The Labute approximate surface area is 112 Å². The van der Waals surface area contributed by atoms with E-state index in [0.717, 1.165) is 24.8 Å². The molecule has 19 heavy (non-hydrogen) atoms. The van der Waals surface area contributed by atoms with Gasteiger partial charge in [-0.05, 0) is 24.1 Å². The number of nitrogens with one attached hydrogen (secondary N) is 1. The highest BCUT2D eigenvalue weighted by Crippen LogP contribution is 2.18. The fourth-order valence-electron chi connectivity index (χ4n) is 2.21. The lowest BCUT2D eigenvalue weighted by Crippen LogP contribution is -2.19. The lowest BCUT2D eigenvalue weighted by atomic mass is 10.00. The van der Waals surface area contributed by atoms with Gasteiger partial charge in [-0.1, -0.05) is 25.8 Å². The number of Topliss-reactive ketones (excluding diaryl/α,β-unsaturated/α-hetero) is 1. The largest absolute Gasteiger partial charge is 0.299 e. The quantitative estimate of drug-likeness (QED) is 0.629. The number of hydrogen-bond acceptors (Lipinski definition) is 3. The van der Waals surface area contributed by atoms with E-state index in [9.17, 15) is 14.4 Å². The summed E-state index contributed by atoms with van der Waals surface area (Å²) in [5, 5.41) is 2.24. The molecule has 0 saturated heterocycles. The predicted octanol–water partition coefficient (Wildman–Crippen LogP) is 2.26. The van der Waals surface area contributed by atoms with Crippen LogP contribution in [0.1, 0.15) is 58.9 Å². The average molecular weight is 259 g/mol. The second-order valence-electron chi connectivity index (χ2n) is 4.84. The third-order valence-electron chi connectivity index (χ3n) is 3.26. The minimum absolute atomic E-state index is 0.179. The molecule has 1 N–H and O–H groups in total. The van der Waals surface area contributed by atoms with E-state index in [4.69, 9.17) is 0 Å². The highest BCUT2D eigenvalue weighted by atomic mass is 16.2. The summed E-state index contributed by atoms with van der Waals surface area (Å²) >= 11 is 0. The van der Waals surface area contributed by atoms with Gasteiger partial charge in [-0.3, -0.25) is 19.7 Å². The molecule has 4 nitrogen and oxygen atoms in total. The summed E-state index contributed by atoms with van der Waals surface area (Å²) in [6.07, 6.45) is 3.98. The maximum absolute atomic E-state index is 11.8. The van der Waals surface area contributed by atoms with Crippen LogP contribution in [0, 0.1) is 0 Å². The molecule has 0 aromatic heterocycles. The molecular weight excluding hydrogens is 242 g/mol. The highest BCUT2D eigenvalue weighted by Gasteiger charge is 2.26. The van der Waals surface area contributed by atoms with Crippen LogP contribution in [0.15, 0.2) is 18.2 Å². The number of amides is 2. The van der Waals surface area contributed by atoms with Gasteiger partial charge in [0.2, 0.25) is 0 Å². The number of hydrogen-bond donors (Lipinski definition) is 1.